The van der Waals surface area contributed by atoms with Crippen LogP contribution in [-0.4, -0.2) is 11.2 Å². The van der Waals surface area contributed by atoms with Crippen LogP contribution >= 0.6 is 23.2 Å². The van der Waals surface area contributed by atoms with Crippen LogP contribution in [0.25, 0.3) is 0 Å². The van der Waals surface area contributed by atoms with Gasteiger partial charge in [-0.15, -0.1) is 0 Å². The molecule has 1 aromatic rings. The summed E-state index contributed by atoms with van der Waals surface area (Å²) in [7, 11) is 0. The van der Waals surface area contributed by atoms with Gasteiger partial charge in [0.2, 0.25) is 0 Å². The number of benzene rings is 1. The van der Waals surface area contributed by atoms with Crippen molar-refractivity contribution in [2.24, 2.45) is 5.73 Å². The van der Waals surface area contributed by atoms with Crippen molar-refractivity contribution in [2.45, 2.75) is 31.9 Å². The van der Waals surface area contributed by atoms with Crippen LogP contribution in [0.2, 0.25) is 10.0 Å². The zero-order chi connectivity index (χ0) is 12.3. The Labute approximate surface area is 104 Å². The molecule has 2 atom stereocenters. The lowest BCUT2D eigenvalue weighted by molar-refractivity contribution is 0.133. The SMILES string of the molecule is CCC[C@H](O)[C@H](N)c1c(Cl)ccc(Cl)c1F. The predicted molar refractivity (Wildman–Crippen MR) is 64.3 cm³/mol. The number of nitrogens with two attached hydrogens (primary N) is 1. The van der Waals surface area contributed by atoms with E-state index in [1.54, 1.807) is 0 Å². The summed E-state index contributed by atoms with van der Waals surface area (Å²) in [5.74, 6) is -0.656. The zero-order valence-electron chi connectivity index (χ0n) is 8.88. The van der Waals surface area contributed by atoms with Crippen LogP contribution in [0.1, 0.15) is 31.4 Å². The molecule has 3 N–H and O–H groups in total. The molecular formula is C11H14Cl2FNO. The van der Waals surface area contributed by atoms with Crippen molar-refractivity contribution in [3.8, 4) is 0 Å². The van der Waals surface area contributed by atoms with E-state index in [1.165, 1.54) is 12.1 Å². The van der Waals surface area contributed by atoms with E-state index >= 15 is 0 Å². The molecule has 5 heteroatoms. The van der Waals surface area contributed by atoms with Gasteiger partial charge in [0.15, 0.2) is 0 Å². The van der Waals surface area contributed by atoms with Crippen LogP contribution in [0.3, 0.4) is 0 Å². The van der Waals surface area contributed by atoms with Crippen LogP contribution in [0, 0.1) is 5.82 Å². The highest BCUT2D eigenvalue weighted by Gasteiger charge is 2.23. The Balaban J connectivity index is 3.07. The fourth-order valence-corrected chi connectivity index (χ4v) is 1.95. The quantitative estimate of drug-likeness (QED) is 0.821. The third-order valence-electron chi connectivity index (χ3n) is 2.41. The minimum Gasteiger partial charge on any atom is -0.391 e. The molecule has 1 rings (SSSR count). The Morgan fingerprint density at radius 1 is 1.38 bits per heavy atom. The number of aliphatic hydroxyl groups excluding tert-OH is 1. The zero-order valence-corrected chi connectivity index (χ0v) is 10.4. The maximum Gasteiger partial charge on any atom is 0.148 e. The van der Waals surface area contributed by atoms with Crippen LogP contribution in [0.15, 0.2) is 12.1 Å². The molecule has 16 heavy (non-hydrogen) atoms. The van der Waals surface area contributed by atoms with E-state index in [0.717, 1.165) is 6.42 Å². The first-order chi connectivity index (χ1) is 7.49. The van der Waals surface area contributed by atoms with Crippen molar-refractivity contribution in [3.63, 3.8) is 0 Å². The van der Waals surface area contributed by atoms with E-state index in [9.17, 15) is 9.50 Å². The highest BCUT2D eigenvalue weighted by molar-refractivity contribution is 6.33. The van der Waals surface area contributed by atoms with E-state index in [4.69, 9.17) is 28.9 Å². The van der Waals surface area contributed by atoms with Crippen LogP contribution in [-0.2, 0) is 0 Å². The smallest absolute Gasteiger partial charge is 0.148 e. The molecule has 0 spiro atoms. The topological polar surface area (TPSA) is 46.2 Å². The van der Waals surface area contributed by atoms with Gasteiger partial charge in [-0.2, -0.15) is 0 Å². The van der Waals surface area contributed by atoms with Crippen molar-refractivity contribution in [1.82, 2.24) is 0 Å². The van der Waals surface area contributed by atoms with Crippen LogP contribution in [0.4, 0.5) is 4.39 Å². The predicted octanol–water partition coefficient (Wildman–Crippen LogP) is 3.29. The first-order valence-electron chi connectivity index (χ1n) is 5.06. The molecule has 0 amide bonds. The largest absolute Gasteiger partial charge is 0.391 e. The third kappa shape index (κ3) is 2.86. The van der Waals surface area contributed by atoms with Crippen molar-refractivity contribution >= 4 is 23.2 Å². The van der Waals surface area contributed by atoms with Gasteiger partial charge in [0.1, 0.15) is 5.82 Å². The maximum atomic E-state index is 13.7. The summed E-state index contributed by atoms with van der Waals surface area (Å²) in [6.45, 7) is 1.91. The normalized spacial score (nSPS) is 14.9. The summed E-state index contributed by atoms with van der Waals surface area (Å²) in [4.78, 5) is 0. The van der Waals surface area contributed by atoms with Gasteiger partial charge in [-0.05, 0) is 18.6 Å². The fraction of sp³-hybridized carbons (Fsp3) is 0.455. The van der Waals surface area contributed by atoms with Gasteiger partial charge in [0.05, 0.1) is 17.2 Å². The molecule has 0 aliphatic carbocycles. The molecule has 0 saturated heterocycles. The molecule has 0 unspecified atom stereocenters. The maximum absolute atomic E-state index is 13.7. The van der Waals surface area contributed by atoms with E-state index < -0.39 is 18.0 Å². The van der Waals surface area contributed by atoms with Crippen LogP contribution < -0.4 is 5.73 Å². The second-order valence-corrected chi connectivity index (χ2v) is 4.45. The average molecular weight is 266 g/mol. The Kier molecular flexibility index (Phi) is 4.99. The van der Waals surface area contributed by atoms with Gasteiger partial charge in [0.25, 0.3) is 0 Å². The van der Waals surface area contributed by atoms with E-state index in [2.05, 4.69) is 0 Å². The molecule has 0 saturated carbocycles. The summed E-state index contributed by atoms with van der Waals surface area (Å²) in [5.41, 5.74) is 5.84. The molecule has 0 radical (unpaired) electrons. The van der Waals surface area contributed by atoms with E-state index in [-0.39, 0.29) is 15.6 Å². The van der Waals surface area contributed by atoms with Gasteiger partial charge in [0, 0.05) is 10.6 Å². The molecule has 0 aliphatic heterocycles. The summed E-state index contributed by atoms with van der Waals surface area (Å²) in [5, 5.41) is 9.86. The number of rotatable bonds is 4. The summed E-state index contributed by atoms with van der Waals surface area (Å²) >= 11 is 11.5. The lowest BCUT2D eigenvalue weighted by Gasteiger charge is -2.20. The number of halogens is 3. The van der Waals surface area contributed by atoms with Gasteiger partial charge in [-0.25, -0.2) is 4.39 Å². The molecule has 0 bridgehead atoms. The highest BCUT2D eigenvalue weighted by Crippen LogP contribution is 2.31. The molecule has 2 nitrogen and oxygen atoms in total. The minimum absolute atomic E-state index is 0.0430. The molecule has 1 aromatic carbocycles. The number of hydrogen-bond donors (Lipinski definition) is 2. The highest BCUT2D eigenvalue weighted by atomic mass is 35.5. The van der Waals surface area contributed by atoms with Crippen molar-refractivity contribution in [1.29, 1.82) is 0 Å². The lowest BCUT2D eigenvalue weighted by atomic mass is 9.98. The van der Waals surface area contributed by atoms with Crippen LogP contribution in [0.5, 0.6) is 0 Å². The molecular weight excluding hydrogens is 252 g/mol. The monoisotopic (exact) mass is 265 g/mol. The first-order valence-corrected chi connectivity index (χ1v) is 5.81. The van der Waals surface area contributed by atoms with E-state index in [0.29, 0.717) is 6.42 Å². The second kappa shape index (κ2) is 5.82. The Bertz CT molecular complexity index is 373. The van der Waals surface area contributed by atoms with E-state index in [1.807, 2.05) is 6.92 Å². The molecule has 0 aliphatic rings. The minimum atomic E-state index is -0.855. The second-order valence-electron chi connectivity index (χ2n) is 3.64. The number of hydrogen-bond acceptors (Lipinski definition) is 2. The first kappa shape index (κ1) is 13.7. The van der Waals surface area contributed by atoms with Crippen molar-refractivity contribution in [3.05, 3.63) is 33.6 Å². The van der Waals surface area contributed by atoms with Crippen molar-refractivity contribution < 1.29 is 9.50 Å². The van der Waals surface area contributed by atoms with Gasteiger partial charge < -0.3 is 10.8 Å². The standard InChI is InChI=1S/C11H14Cl2FNO/c1-2-3-8(16)11(15)9-6(12)4-5-7(13)10(9)14/h4-5,8,11,16H,2-3,15H2,1H3/t8-,11-/m0/s1. The summed E-state index contributed by atoms with van der Waals surface area (Å²) in [6, 6.07) is 1.98. The van der Waals surface area contributed by atoms with Gasteiger partial charge >= 0.3 is 0 Å². The summed E-state index contributed by atoms with van der Waals surface area (Å²) in [6.07, 6.45) is 0.424. The van der Waals surface area contributed by atoms with Crippen molar-refractivity contribution in [2.75, 3.05) is 0 Å². The fourth-order valence-electron chi connectivity index (χ4n) is 1.52. The van der Waals surface area contributed by atoms with Gasteiger partial charge in [-0.3, -0.25) is 0 Å². The summed E-state index contributed by atoms with van der Waals surface area (Å²) < 4.78 is 13.7. The molecule has 0 heterocycles. The Morgan fingerprint density at radius 3 is 2.50 bits per heavy atom. The van der Waals surface area contributed by atoms with Gasteiger partial charge in [-0.1, -0.05) is 36.5 Å². The lowest BCUT2D eigenvalue weighted by Crippen LogP contribution is -2.27. The molecule has 0 fully saturated rings. The average Bonchev–Trinajstić information content (AvgIpc) is 2.24. The number of aliphatic hydroxyl groups is 1. The molecule has 90 valence electrons. The third-order valence-corrected chi connectivity index (χ3v) is 3.03. The Morgan fingerprint density at radius 2 is 1.94 bits per heavy atom. The molecule has 0 aromatic heterocycles. The Hall–Kier alpha value is -0.350.